The van der Waals surface area contributed by atoms with Crippen LogP contribution in [-0.4, -0.2) is 22.2 Å². The largest absolute Gasteiger partial charge is 0.389 e. The van der Waals surface area contributed by atoms with E-state index in [-0.39, 0.29) is 5.60 Å². The van der Waals surface area contributed by atoms with E-state index in [2.05, 4.69) is 0 Å². The van der Waals surface area contributed by atoms with Crippen LogP contribution in [0.4, 0.5) is 0 Å². The van der Waals surface area contributed by atoms with Gasteiger partial charge in [0.25, 0.3) is 0 Å². The normalized spacial score (nSPS) is 42.0. The first-order chi connectivity index (χ1) is 3.21. The van der Waals surface area contributed by atoms with Crippen LogP contribution >= 0.6 is 11.8 Å². The molecule has 1 aliphatic heterocycles. The second kappa shape index (κ2) is 1.67. The Bertz CT molecular complexity index is 62.5. The average molecular weight is 118 g/mol. The van der Waals surface area contributed by atoms with Crippen LogP contribution in [0, 0.1) is 0 Å². The molecule has 1 aliphatic rings. The lowest BCUT2D eigenvalue weighted by Crippen LogP contribution is -2.21. The van der Waals surface area contributed by atoms with Gasteiger partial charge in [0.15, 0.2) is 0 Å². The van der Waals surface area contributed by atoms with Gasteiger partial charge in [-0.2, -0.15) is 11.8 Å². The molecule has 0 saturated carbocycles. The number of hydrogen-bond acceptors (Lipinski definition) is 2. The van der Waals surface area contributed by atoms with E-state index in [0.717, 1.165) is 17.9 Å². The molecule has 0 aliphatic carbocycles. The van der Waals surface area contributed by atoms with E-state index < -0.39 is 0 Å². The van der Waals surface area contributed by atoms with Crippen molar-refractivity contribution in [3.05, 3.63) is 0 Å². The summed E-state index contributed by atoms with van der Waals surface area (Å²) in [6.07, 6.45) is 0.970. The molecule has 7 heavy (non-hydrogen) atoms. The summed E-state index contributed by atoms with van der Waals surface area (Å²) in [5, 5.41) is 9.17. The third-order valence-corrected chi connectivity index (χ3v) is 2.52. The molecule has 1 atom stereocenters. The topological polar surface area (TPSA) is 20.2 Å². The van der Waals surface area contributed by atoms with Crippen molar-refractivity contribution in [2.24, 2.45) is 0 Å². The lowest BCUT2D eigenvalue weighted by molar-refractivity contribution is 0.0889. The fourth-order valence-corrected chi connectivity index (χ4v) is 1.97. The summed E-state index contributed by atoms with van der Waals surface area (Å²) in [7, 11) is 0. The van der Waals surface area contributed by atoms with Crippen molar-refractivity contribution < 1.29 is 5.11 Å². The maximum atomic E-state index is 9.17. The standard InChI is InChI=1S/C5H10OS/c1-5(6)2-3-7-4-5/h6H,2-4H2,1H3. The molecule has 0 radical (unpaired) electrons. The molecule has 0 amide bonds. The molecule has 1 unspecified atom stereocenters. The summed E-state index contributed by atoms with van der Waals surface area (Å²) in [6.45, 7) is 1.90. The lowest BCUT2D eigenvalue weighted by Gasteiger charge is -2.11. The number of aliphatic hydroxyl groups is 1. The van der Waals surface area contributed by atoms with E-state index in [0.29, 0.717) is 0 Å². The number of thioether (sulfide) groups is 1. The molecule has 1 N–H and O–H groups in total. The van der Waals surface area contributed by atoms with Crippen LogP contribution < -0.4 is 0 Å². The van der Waals surface area contributed by atoms with E-state index in [1.54, 1.807) is 0 Å². The van der Waals surface area contributed by atoms with Crippen LogP contribution in [0.1, 0.15) is 13.3 Å². The molecular formula is C5H10OS. The Morgan fingerprint density at radius 3 is 2.57 bits per heavy atom. The monoisotopic (exact) mass is 118 g/mol. The van der Waals surface area contributed by atoms with Crippen molar-refractivity contribution in [3.63, 3.8) is 0 Å². The Hall–Kier alpha value is 0.310. The van der Waals surface area contributed by atoms with Gasteiger partial charge in [0.05, 0.1) is 5.60 Å². The molecule has 0 spiro atoms. The van der Waals surface area contributed by atoms with E-state index in [9.17, 15) is 5.11 Å². The van der Waals surface area contributed by atoms with Crippen molar-refractivity contribution in [3.8, 4) is 0 Å². The van der Waals surface area contributed by atoms with E-state index in [1.165, 1.54) is 0 Å². The minimum atomic E-state index is -0.343. The van der Waals surface area contributed by atoms with Gasteiger partial charge in [0.2, 0.25) is 0 Å². The van der Waals surface area contributed by atoms with Crippen LogP contribution in [0.5, 0.6) is 0 Å². The van der Waals surface area contributed by atoms with Gasteiger partial charge in [-0.25, -0.2) is 0 Å². The molecule has 2 heteroatoms. The Kier molecular flexibility index (Phi) is 1.30. The molecule has 1 heterocycles. The first kappa shape index (κ1) is 5.45. The van der Waals surface area contributed by atoms with Crippen LogP contribution in [0.25, 0.3) is 0 Å². The predicted molar refractivity (Wildman–Crippen MR) is 32.6 cm³/mol. The Morgan fingerprint density at radius 1 is 1.71 bits per heavy atom. The minimum Gasteiger partial charge on any atom is -0.389 e. The summed E-state index contributed by atoms with van der Waals surface area (Å²) in [5.74, 6) is 2.06. The minimum absolute atomic E-state index is 0.343. The van der Waals surface area contributed by atoms with Crippen molar-refractivity contribution in [1.82, 2.24) is 0 Å². The summed E-state index contributed by atoms with van der Waals surface area (Å²) in [4.78, 5) is 0. The van der Waals surface area contributed by atoms with Gasteiger partial charge < -0.3 is 5.11 Å². The second-order valence-electron chi connectivity index (χ2n) is 2.30. The molecule has 1 saturated heterocycles. The third-order valence-electron chi connectivity index (χ3n) is 1.20. The van der Waals surface area contributed by atoms with E-state index >= 15 is 0 Å². The van der Waals surface area contributed by atoms with Crippen LogP contribution in [0.15, 0.2) is 0 Å². The summed E-state index contributed by atoms with van der Waals surface area (Å²) < 4.78 is 0. The maximum absolute atomic E-state index is 9.17. The highest BCUT2D eigenvalue weighted by atomic mass is 32.2. The van der Waals surface area contributed by atoms with E-state index in [1.807, 2.05) is 18.7 Å². The van der Waals surface area contributed by atoms with Crippen molar-refractivity contribution in [2.75, 3.05) is 11.5 Å². The van der Waals surface area contributed by atoms with Crippen molar-refractivity contribution in [1.29, 1.82) is 0 Å². The smallest absolute Gasteiger partial charge is 0.0717 e. The molecular weight excluding hydrogens is 108 g/mol. The highest BCUT2D eigenvalue weighted by Crippen LogP contribution is 2.26. The number of rotatable bonds is 0. The fourth-order valence-electron chi connectivity index (χ4n) is 0.656. The van der Waals surface area contributed by atoms with Gasteiger partial charge in [0, 0.05) is 5.75 Å². The van der Waals surface area contributed by atoms with Gasteiger partial charge in [-0.15, -0.1) is 0 Å². The van der Waals surface area contributed by atoms with Gasteiger partial charge in [-0.05, 0) is 19.1 Å². The Labute approximate surface area is 48.1 Å². The predicted octanol–water partition coefficient (Wildman–Crippen LogP) is 0.874. The number of hydrogen-bond donors (Lipinski definition) is 1. The van der Waals surface area contributed by atoms with Gasteiger partial charge in [0.1, 0.15) is 0 Å². The van der Waals surface area contributed by atoms with Crippen molar-refractivity contribution in [2.45, 2.75) is 18.9 Å². The van der Waals surface area contributed by atoms with Gasteiger partial charge >= 0.3 is 0 Å². The van der Waals surface area contributed by atoms with Gasteiger partial charge in [-0.3, -0.25) is 0 Å². The maximum Gasteiger partial charge on any atom is 0.0717 e. The zero-order chi connectivity index (χ0) is 5.33. The summed E-state index contributed by atoms with van der Waals surface area (Å²) >= 11 is 1.83. The first-order valence-electron chi connectivity index (χ1n) is 2.51. The van der Waals surface area contributed by atoms with Crippen LogP contribution in [0.2, 0.25) is 0 Å². The third kappa shape index (κ3) is 1.35. The lowest BCUT2D eigenvalue weighted by atomic mass is 10.1. The molecule has 0 bridgehead atoms. The summed E-state index contributed by atoms with van der Waals surface area (Å²) in [5.41, 5.74) is -0.343. The molecule has 0 aromatic rings. The molecule has 42 valence electrons. The first-order valence-corrected chi connectivity index (χ1v) is 3.66. The van der Waals surface area contributed by atoms with Crippen molar-refractivity contribution >= 4 is 11.8 Å². The van der Waals surface area contributed by atoms with Crippen LogP contribution in [-0.2, 0) is 0 Å². The Morgan fingerprint density at radius 2 is 2.43 bits per heavy atom. The molecule has 0 aromatic carbocycles. The molecule has 1 nitrogen and oxygen atoms in total. The molecule has 1 fully saturated rings. The van der Waals surface area contributed by atoms with Crippen LogP contribution in [0.3, 0.4) is 0 Å². The Balaban J connectivity index is 2.40. The SMILES string of the molecule is CC1(O)CCSC1. The quantitative estimate of drug-likeness (QED) is 0.509. The van der Waals surface area contributed by atoms with Gasteiger partial charge in [-0.1, -0.05) is 0 Å². The summed E-state index contributed by atoms with van der Waals surface area (Å²) in [6, 6.07) is 0. The second-order valence-corrected chi connectivity index (χ2v) is 3.40. The zero-order valence-corrected chi connectivity index (χ0v) is 5.29. The highest BCUT2D eigenvalue weighted by Gasteiger charge is 2.24. The molecule has 0 aromatic heterocycles. The zero-order valence-electron chi connectivity index (χ0n) is 4.48. The molecule has 1 rings (SSSR count). The average Bonchev–Trinajstić information content (AvgIpc) is 1.84. The van der Waals surface area contributed by atoms with E-state index in [4.69, 9.17) is 0 Å². The fraction of sp³-hybridized carbons (Fsp3) is 1.00. The highest BCUT2D eigenvalue weighted by molar-refractivity contribution is 7.99.